The maximum absolute atomic E-state index is 13.2. The van der Waals surface area contributed by atoms with Crippen molar-refractivity contribution < 1.29 is 18.7 Å². The molecule has 0 bridgehead atoms. The molecule has 0 amide bonds. The van der Waals surface area contributed by atoms with E-state index in [0.29, 0.717) is 5.56 Å². The van der Waals surface area contributed by atoms with Crippen LogP contribution >= 0.6 is 12.4 Å². The normalized spacial score (nSPS) is 15.2. The number of Topliss-reactive ketones (excluding diaryl/α,β-unsaturated/α-hetero) is 1. The molecule has 0 radical (unpaired) electrons. The van der Waals surface area contributed by atoms with E-state index in [2.05, 4.69) is 23.1 Å². The van der Waals surface area contributed by atoms with E-state index in [1.54, 1.807) is 26.4 Å². The van der Waals surface area contributed by atoms with Crippen LogP contribution in [0.25, 0.3) is 0 Å². The fraction of sp³-hybridized carbons (Fsp3) is 0.345. The van der Waals surface area contributed by atoms with Crippen molar-refractivity contribution in [1.82, 2.24) is 4.90 Å². The summed E-state index contributed by atoms with van der Waals surface area (Å²) in [5, 5.41) is 0. The van der Waals surface area contributed by atoms with Gasteiger partial charge in [-0.3, -0.25) is 4.79 Å². The number of piperidine rings is 1. The molecule has 4 nitrogen and oxygen atoms in total. The molecule has 1 saturated heterocycles. The highest BCUT2D eigenvalue weighted by molar-refractivity contribution is 5.97. The second-order valence-electron chi connectivity index (χ2n) is 8.90. The van der Waals surface area contributed by atoms with Gasteiger partial charge >= 0.3 is 0 Å². The molecule has 0 N–H and O–H groups in total. The molecule has 1 aliphatic rings. The lowest BCUT2D eigenvalue weighted by Crippen LogP contribution is -2.39. The zero-order chi connectivity index (χ0) is 23.9. The van der Waals surface area contributed by atoms with Crippen molar-refractivity contribution in [3.05, 3.63) is 95.3 Å². The van der Waals surface area contributed by atoms with E-state index in [0.717, 1.165) is 50.4 Å². The number of ketones is 1. The molecule has 0 aromatic heterocycles. The largest absolute Gasteiger partial charge is 0.496 e. The minimum absolute atomic E-state index is 0. The van der Waals surface area contributed by atoms with Gasteiger partial charge in [-0.2, -0.15) is 0 Å². The number of benzene rings is 3. The molecule has 3 aromatic carbocycles. The number of hydrogen-bond acceptors (Lipinski definition) is 4. The number of likely N-dealkylation sites (tertiary alicyclic amines) is 1. The summed E-state index contributed by atoms with van der Waals surface area (Å²) in [7, 11) is 3.42. The van der Waals surface area contributed by atoms with Gasteiger partial charge in [0.05, 0.1) is 14.2 Å². The molecule has 6 heteroatoms. The van der Waals surface area contributed by atoms with Crippen molar-refractivity contribution in [2.75, 3.05) is 33.9 Å². The van der Waals surface area contributed by atoms with Crippen LogP contribution < -0.4 is 9.47 Å². The number of carbonyl (C=O) groups excluding carboxylic acids is 1. The Kier molecular flexibility index (Phi) is 9.70. The predicted octanol–water partition coefficient (Wildman–Crippen LogP) is 6.19. The van der Waals surface area contributed by atoms with Crippen molar-refractivity contribution in [2.45, 2.75) is 25.2 Å². The molecule has 0 saturated carbocycles. The molecule has 1 fully saturated rings. The number of halogens is 2. The van der Waals surface area contributed by atoms with E-state index in [9.17, 15) is 9.18 Å². The minimum Gasteiger partial charge on any atom is -0.496 e. The first-order chi connectivity index (χ1) is 16.6. The Balaban J connectivity index is 0.00000342. The molecule has 1 aliphatic heterocycles. The zero-order valence-electron chi connectivity index (χ0n) is 20.3. The number of ether oxygens (including phenoxy) is 2. The van der Waals surface area contributed by atoms with Crippen molar-refractivity contribution in [1.29, 1.82) is 0 Å². The average molecular weight is 498 g/mol. The monoisotopic (exact) mass is 497 g/mol. The maximum atomic E-state index is 13.2. The van der Waals surface area contributed by atoms with Crippen LogP contribution in [0, 0.1) is 11.7 Å². The quantitative estimate of drug-likeness (QED) is 0.331. The summed E-state index contributed by atoms with van der Waals surface area (Å²) >= 11 is 0. The minimum atomic E-state index is -0.316. The second-order valence-corrected chi connectivity index (χ2v) is 8.90. The van der Waals surface area contributed by atoms with Gasteiger partial charge in [-0.25, -0.2) is 4.39 Å². The van der Waals surface area contributed by atoms with Crippen LogP contribution in [0.3, 0.4) is 0 Å². The van der Waals surface area contributed by atoms with E-state index in [1.807, 2.05) is 30.3 Å². The molecule has 35 heavy (non-hydrogen) atoms. The third kappa shape index (κ3) is 6.62. The molecule has 1 unspecified atom stereocenters. The molecule has 4 rings (SSSR count). The first-order valence-electron chi connectivity index (χ1n) is 11.9. The highest BCUT2D eigenvalue weighted by Gasteiger charge is 2.28. The third-order valence-electron chi connectivity index (χ3n) is 6.80. The van der Waals surface area contributed by atoms with Gasteiger partial charge in [0, 0.05) is 23.9 Å². The molecule has 186 valence electrons. The van der Waals surface area contributed by atoms with Crippen molar-refractivity contribution in [3.8, 4) is 11.5 Å². The second kappa shape index (κ2) is 12.7. The van der Waals surface area contributed by atoms with Gasteiger partial charge in [-0.1, -0.05) is 36.4 Å². The van der Waals surface area contributed by atoms with Crippen LogP contribution in [0.5, 0.6) is 11.5 Å². The number of nitrogens with zero attached hydrogens (tertiary/aromatic N) is 1. The highest BCUT2D eigenvalue weighted by Crippen LogP contribution is 2.33. The Morgan fingerprint density at radius 2 is 1.51 bits per heavy atom. The van der Waals surface area contributed by atoms with Crippen LogP contribution in [0.4, 0.5) is 4.39 Å². The van der Waals surface area contributed by atoms with Gasteiger partial charge in [0.15, 0.2) is 5.78 Å². The number of rotatable bonds is 9. The number of para-hydroxylation sites is 2. The average Bonchev–Trinajstić information content (AvgIpc) is 2.89. The van der Waals surface area contributed by atoms with Gasteiger partial charge < -0.3 is 14.4 Å². The van der Waals surface area contributed by atoms with Gasteiger partial charge in [-0.05, 0) is 79.9 Å². The maximum Gasteiger partial charge on any atom is 0.166 e. The summed E-state index contributed by atoms with van der Waals surface area (Å²) < 4.78 is 24.5. The fourth-order valence-electron chi connectivity index (χ4n) is 4.95. The lowest BCUT2D eigenvalue weighted by atomic mass is 9.86. The smallest absolute Gasteiger partial charge is 0.166 e. The molecule has 1 heterocycles. The van der Waals surface area contributed by atoms with E-state index in [1.165, 1.54) is 23.3 Å². The zero-order valence-corrected chi connectivity index (χ0v) is 21.1. The molecular weight excluding hydrogens is 465 g/mol. The SMILES string of the molecule is COc1ccccc1CC(CN1CCC(C(=O)c2ccc(F)cc2)CC1)c1ccccc1OC.Cl. The fourth-order valence-corrected chi connectivity index (χ4v) is 4.95. The lowest BCUT2D eigenvalue weighted by Gasteiger charge is -2.34. The van der Waals surface area contributed by atoms with Crippen LogP contribution in [0.1, 0.15) is 40.2 Å². The highest BCUT2D eigenvalue weighted by atomic mass is 35.5. The third-order valence-corrected chi connectivity index (χ3v) is 6.80. The predicted molar refractivity (Wildman–Crippen MR) is 140 cm³/mol. The Labute approximate surface area is 213 Å². The summed E-state index contributed by atoms with van der Waals surface area (Å²) in [6.07, 6.45) is 2.45. The summed E-state index contributed by atoms with van der Waals surface area (Å²) in [5.74, 6) is 1.80. The summed E-state index contributed by atoms with van der Waals surface area (Å²) in [6, 6.07) is 22.3. The van der Waals surface area contributed by atoms with Gasteiger partial charge in [0.2, 0.25) is 0 Å². The van der Waals surface area contributed by atoms with Crippen LogP contribution in [-0.4, -0.2) is 44.5 Å². The Morgan fingerprint density at radius 1 is 0.914 bits per heavy atom. The van der Waals surface area contributed by atoms with Crippen LogP contribution in [-0.2, 0) is 6.42 Å². The molecule has 0 aliphatic carbocycles. The van der Waals surface area contributed by atoms with Crippen molar-refractivity contribution >= 4 is 18.2 Å². The molecular formula is C29H33ClFNO3. The van der Waals surface area contributed by atoms with Crippen molar-refractivity contribution in [3.63, 3.8) is 0 Å². The van der Waals surface area contributed by atoms with Gasteiger partial charge in [0.1, 0.15) is 17.3 Å². The number of carbonyl (C=O) groups is 1. The summed E-state index contributed by atoms with van der Waals surface area (Å²) in [4.78, 5) is 15.3. The number of methoxy groups -OCH3 is 2. The Morgan fingerprint density at radius 3 is 2.17 bits per heavy atom. The molecule has 3 aromatic rings. The van der Waals surface area contributed by atoms with E-state index < -0.39 is 0 Å². The van der Waals surface area contributed by atoms with E-state index in [-0.39, 0.29) is 35.8 Å². The lowest BCUT2D eigenvalue weighted by molar-refractivity contribution is 0.0835. The van der Waals surface area contributed by atoms with Crippen molar-refractivity contribution in [2.24, 2.45) is 5.92 Å². The first kappa shape index (κ1) is 26.7. The standard InChI is InChI=1S/C29H32FNO3.ClH/c1-33-27-9-5-3-7-23(27)19-24(26-8-4-6-10-28(26)34-2)20-31-17-15-22(16-18-31)29(32)21-11-13-25(30)14-12-21;/h3-14,22,24H,15-20H2,1-2H3;1H. The van der Waals surface area contributed by atoms with Crippen LogP contribution in [0.2, 0.25) is 0 Å². The number of hydrogen-bond donors (Lipinski definition) is 0. The van der Waals surface area contributed by atoms with Gasteiger partial charge in [0.25, 0.3) is 0 Å². The summed E-state index contributed by atoms with van der Waals surface area (Å²) in [5.41, 5.74) is 2.95. The summed E-state index contributed by atoms with van der Waals surface area (Å²) in [6.45, 7) is 2.58. The first-order valence-corrected chi connectivity index (χ1v) is 11.9. The molecule has 0 spiro atoms. The Bertz CT molecular complexity index is 1100. The molecule has 1 atom stereocenters. The van der Waals surface area contributed by atoms with E-state index in [4.69, 9.17) is 9.47 Å². The Hall–Kier alpha value is -2.89. The topological polar surface area (TPSA) is 38.8 Å². The van der Waals surface area contributed by atoms with E-state index >= 15 is 0 Å². The van der Waals surface area contributed by atoms with Crippen LogP contribution in [0.15, 0.2) is 72.8 Å². The van der Waals surface area contributed by atoms with Gasteiger partial charge in [-0.15, -0.1) is 12.4 Å².